The summed E-state index contributed by atoms with van der Waals surface area (Å²) in [5.74, 6) is 0.992. The molecule has 15 heavy (non-hydrogen) atoms. The van der Waals surface area contributed by atoms with Crippen LogP contribution in [0, 0.1) is 5.92 Å². The largest absolute Gasteiger partial charge is 0.314 e. The van der Waals surface area contributed by atoms with Crippen molar-refractivity contribution in [2.75, 3.05) is 19.6 Å². The molecule has 0 aromatic carbocycles. The van der Waals surface area contributed by atoms with Crippen LogP contribution in [0.25, 0.3) is 0 Å². The molecule has 1 saturated carbocycles. The van der Waals surface area contributed by atoms with Gasteiger partial charge in [0.05, 0.1) is 0 Å². The molecule has 2 aliphatic rings. The molecule has 0 atom stereocenters. The van der Waals surface area contributed by atoms with Crippen LogP contribution < -0.4 is 5.32 Å². The van der Waals surface area contributed by atoms with Crippen molar-refractivity contribution >= 4 is 0 Å². The van der Waals surface area contributed by atoms with Crippen LogP contribution in [0.3, 0.4) is 0 Å². The number of piperidine rings is 1. The molecule has 0 unspecified atom stereocenters. The Morgan fingerprint density at radius 1 is 1.20 bits per heavy atom. The van der Waals surface area contributed by atoms with Gasteiger partial charge in [0.1, 0.15) is 0 Å². The van der Waals surface area contributed by atoms with Crippen molar-refractivity contribution in [3.8, 4) is 0 Å². The van der Waals surface area contributed by atoms with Crippen molar-refractivity contribution in [3.63, 3.8) is 0 Å². The SMILES string of the molecule is CCCNC1CCN(C2CC(C)C2)CC1. The zero-order valence-corrected chi connectivity index (χ0v) is 10.3. The highest BCUT2D eigenvalue weighted by Gasteiger charge is 2.32. The zero-order chi connectivity index (χ0) is 10.7. The summed E-state index contributed by atoms with van der Waals surface area (Å²) < 4.78 is 0. The van der Waals surface area contributed by atoms with Gasteiger partial charge >= 0.3 is 0 Å². The zero-order valence-electron chi connectivity index (χ0n) is 10.3. The topological polar surface area (TPSA) is 15.3 Å². The van der Waals surface area contributed by atoms with E-state index >= 15 is 0 Å². The van der Waals surface area contributed by atoms with Crippen LogP contribution in [-0.4, -0.2) is 36.6 Å². The van der Waals surface area contributed by atoms with Gasteiger partial charge in [0.25, 0.3) is 0 Å². The van der Waals surface area contributed by atoms with Crippen LogP contribution in [0.15, 0.2) is 0 Å². The Labute approximate surface area is 94.4 Å². The fourth-order valence-electron chi connectivity index (χ4n) is 2.98. The maximum Gasteiger partial charge on any atom is 0.0100 e. The van der Waals surface area contributed by atoms with Gasteiger partial charge in [0.2, 0.25) is 0 Å². The molecule has 88 valence electrons. The van der Waals surface area contributed by atoms with E-state index in [1.54, 1.807) is 0 Å². The van der Waals surface area contributed by atoms with Gasteiger partial charge in [0.15, 0.2) is 0 Å². The molecule has 2 rings (SSSR count). The number of nitrogens with one attached hydrogen (secondary N) is 1. The molecule has 0 aromatic rings. The van der Waals surface area contributed by atoms with Crippen molar-refractivity contribution in [3.05, 3.63) is 0 Å². The highest BCUT2D eigenvalue weighted by atomic mass is 15.2. The monoisotopic (exact) mass is 210 g/mol. The number of nitrogens with zero attached hydrogens (tertiary/aromatic N) is 1. The highest BCUT2D eigenvalue weighted by molar-refractivity contribution is 4.88. The van der Waals surface area contributed by atoms with E-state index in [4.69, 9.17) is 0 Å². The van der Waals surface area contributed by atoms with Crippen LogP contribution in [0.2, 0.25) is 0 Å². The standard InChI is InChI=1S/C13H26N2/c1-3-6-14-12-4-7-15(8-5-12)13-9-11(2)10-13/h11-14H,3-10H2,1-2H3. The molecule has 2 heteroatoms. The summed E-state index contributed by atoms with van der Waals surface area (Å²) in [5, 5.41) is 3.65. The van der Waals surface area contributed by atoms with E-state index < -0.39 is 0 Å². The van der Waals surface area contributed by atoms with E-state index in [9.17, 15) is 0 Å². The van der Waals surface area contributed by atoms with Gasteiger partial charge in [0, 0.05) is 12.1 Å². The summed E-state index contributed by atoms with van der Waals surface area (Å²) in [7, 11) is 0. The van der Waals surface area contributed by atoms with Gasteiger partial charge in [-0.15, -0.1) is 0 Å². The summed E-state index contributed by atoms with van der Waals surface area (Å²) >= 11 is 0. The minimum atomic E-state index is 0.804. The molecule has 2 fully saturated rings. The Balaban J connectivity index is 1.64. The third kappa shape index (κ3) is 2.94. The Hall–Kier alpha value is -0.0800. The van der Waals surface area contributed by atoms with Gasteiger partial charge in [-0.05, 0) is 57.7 Å². The van der Waals surface area contributed by atoms with Gasteiger partial charge in [-0.2, -0.15) is 0 Å². The lowest BCUT2D eigenvalue weighted by Gasteiger charge is -2.45. The number of hydrogen-bond acceptors (Lipinski definition) is 2. The minimum Gasteiger partial charge on any atom is -0.314 e. The first-order chi connectivity index (χ1) is 7.29. The number of likely N-dealkylation sites (tertiary alicyclic amines) is 1. The Morgan fingerprint density at radius 3 is 2.40 bits per heavy atom. The van der Waals surface area contributed by atoms with Crippen molar-refractivity contribution in [2.45, 2.75) is 58.0 Å². The van der Waals surface area contributed by atoms with E-state index in [-0.39, 0.29) is 0 Å². The summed E-state index contributed by atoms with van der Waals surface area (Å²) in [6, 6.07) is 1.74. The lowest BCUT2D eigenvalue weighted by atomic mass is 9.80. The normalized spacial score (nSPS) is 34.0. The predicted molar refractivity (Wildman–Crippen MR) is 65.1 cm³/mol. The van der Waals surface area contributed by atoms with E-state index in [1.165, 1.54) is 51.7 Å². The van der Waals surface area contributed by atoms with Gasteiger partial charge in [-0.25, -0.2) is 0 Å². The molecule has 1 heterocycles. The highest BCUT2D eigenvalue weighted by Crippen LogP contribution is 2.32. The maximum absolute atomic E-state index is 3.65. The number of rotatable bonds is 4. The molecule has 1 saturated heterocycles. The van der Waals surface area contributed by atoms with Crippen LogP contribution in [0.1, 0.15) is 46.0 Å². The first-order valence-electron chi connectivity index (χ1n) is 6.77. The van der Waals surface area contributed by atoms with Crippen LogP contribution in [-0.2, 0) is 0 Å². The summed E-state index contributed by atoms with van der Waals surface area (Å²) in [6.45, 7) is 8.49. The number of hydrogen-bond donors (Lipinski definition) is 1. The molecule has 0 spiro atoms. The lowest BCUT2D eigenvalue weighted by molar-refractivity contribution is 0.0606. The fraction of sp³-hybridized carbons (Fsp3) is 1.00. The average molecular weight is 210 g/mol. The minimum absolute atomic E-state index is 0.804. The average Bonchev–Trinajstić information content (AvgIpc) is 2.23. The maximum atomic E-state index is 3.65. The van der Waals surface area contributed by atoms with Crippen molar-refractivity contribution in [2.24, 2.45) is 5.92 Å². The summed E-state index contributed by atoms with van der Waals surface area (Å²) in [4.78, 5) is 2.73. The molecule has 2 nitrogen and oxygen atoms in total. The van der Waals surface area contributed by atoms with E-state index in [2.05, 4.69) is 24.1 Å². The molecular weight excluding hydrogens is 184 g/mol. The first-order valence-corrected chi connectivity index (χ1v) is 6.77. The molecule has 0 radical (unpaired) electrons. The third-order valence-electron chi connectivity index (χ3n) is 4.08. The van der Waals surface area contributed by atoms with E-state index in [0.29, 0.717) is 0 Å². The Kier molecular flexibility index (Phi) is 4.04. The second-order valence-corrected chi connectivity index (χ2v) is 5.49. The Morgan fingerprint density at radius 2 is 1.87 bits per heavy atom. The van der Waals surface area contributed by atoms with Crippen LogP contribution in [0.5, 0.6) is 0 Å². The Bertz CT molecular complexity index is 179. The molecule has 1 N–H and O–H groups in total. The molecular formula is C13H26N2. The molecule has 0 amide bonds. The molecule has 0 bridgehead atoms. The third-order valence-corrected chi connectivity index (χ3v) is 4.08. The van der Waals surface area contributed by atoms with E-state index in [0.717, 1.165) is 18.0 Å². The quantitative estimate of drug-likeness (QED) is 0.765. The fourth-order valence-corrected chi connectivity index (χ4v) is 2.98. The molecule has 1 aliphatic heterocycles. The van der Waals surface area contributed by atoms with Crippen LogP contribution in [0.4, 0.5) is 0 Å². The van der Waals surface area contributed by atoms with Gasteiger partial charge in [-0.1, -0.05) is 13.8 Å². The van der Waals surface area contributed by atoms with Crippen molar-refractivity contribution in [1.82, 2.24) is 10.2 Å². The van der Waals surface area contributed by atoms with Gasteiger partial charge < -0.3 is 10.2 Å². The van der Waals surface area contributed by atoms with Crippen molar-refractivity contribution < 1.29 is 0 Å². The predicted octanol–water partition coefficient (Wildman–Crippen LogP) is 2.25. The van der Waals surface area contributed by atoms with Crippen molar-refractivity contribution in [1.29, 1.82) is 0 Å². The van der Waals surface area contributed by atoms with Crippen LogP contribution >= 0.6 is 0 Å². The molecule has 0 aromatic heterocycles. The summed E-state index contributed by atoms with van der Waals surface area (Å²) in [6.07, 6.45) is 6.90. The smallest absolute Gasteiger partial charge is 0.0100 e. The second-order valence-electron chi connectivity index (χ2n) is 5.49. The van der Waals surface area contributed by atoms with Gasteiger partial charge in [-0.3, -0.25) is 0 Å². The summed E-state index contributed by atoms with van der Waals surface area (Å²) in [5.41, 5.74) is 0. The molecule has 1 aliphatic carbocycles. The van der Waals surface area contributed by atoms with E-state index in [1.807, 2.05) is 0 Å². The lowest BCUT2D eigenvalue weighted by Crippen LogP contribution is -2.50. The second kappa shape index (κ2) is 5.31. The first kappa shape index (κ1) is 11.4.